The third-order valence-corrected chi connectivity index (χ3v) is 7.71. The maximum absolute atomic E-state index is 13.1. The fourth-order valence-corrected chi connectivity index (χ4v) is 4.95. The summed E-state index contributed by atoms with van der Waals surface area (Å²) in [6.45, 7) is 3.36. The Morgan fingerprint density at radius 2 is 1.80 bits per heavy atom. The zero-order valence-corrected chi connectivity index (χ0v) is 19.9. The van der Waals surface area contributed by atoms with E-state index in [4.69, 9.17) is 0 Å². The third kappa shape index (κ3) is 4.26. The van der Waals surface area contributed by atoms with Gasteiger partial charge in [-0.15, -0.1) is 0 Å². The fourth-order valence-electron chi connectivity index (χ4n) is 3.89. The topological polar surface area (TPSA) is 104 Å². The van der Waals surface area contributed by atoms with Crippen LogP contribution >= 0.6 is 0 Å². The first-order chi connectivity index (χ1) is 16.5. The molecule has 4 aromatic heterocycles. The van der Waals surface area contributed by atoms with Crippen molar-refractivity contribution in [1.82, 2.24) is 29.5 Å². The predicted molar refractivity (Wildman–Crippen MR) is 122 cm³/mol. The molecule has 0 N–H and O–H groups in total. The van der Waals surface area contributed by atoms with E-state index in [0.29, 0.717) is 22.8 Å². The molecule has 0 saturated heterocycles. The van der Waals surface area contributed by atoms with Crippen molar-refractivity contribution in [3.05, 3.63) is 47.7 Å². The minimum atomic E-state index is -4.63. The smallest absolute Gasteiger partial charge is 0.324 e. The van der Waals surface area contributed by atoms with Crippen LogP contribution in [0.2, 0.25) is 0 Å². The molecule has 4 aromatic rings. The van der Waals surface area contributed by atoms with Crippen molar-refractivity contribution in [3.63, 3.8) is 0 Å². The molecule has 0 bridgehead atoms. The Morgan fingerprint density at radius 3 is 2.46 bits per heavy atom. The number of aryl methyl sites for hydroxylation is 2. The van der Waals surface area contributed by atoms with Crippen LogP contribution in [0, 0.1) is 6.92 Å². The molecule has 8 nitrogen and oxygen atoms in total. The van der Waals surface area contributed by atoms with Gasteiger partial charge in [-0.1, -0.05) is 6.92 Å². The SMILES string of the molecule is CCS(=O)(=O)c1cc(-c2nc(C)cc(C3CC3)n2)cnc1-c1nc2cc(C(F)(F)F)ncc2n1C. The van der Waals surface area contributed by atoms with Gasteiger partial charge >= 0.3 is 6.18 Å². The van der Waals surface area contributed by atoms with Crippen LogP contribution in [0.4, 0.5) is 13.2 Å². The van der Waals surface area contributed by atoms with Gasteiger partial charge in [-0.25, -0.2) is 28.4 Å². The number of halogens is 3. The molecule has 1 saturated carbocycles. The predicted octanol–water partition coefficient (Wildman–Crippen LogP) is 4.49. The maximum atomic E-state index is 13.1. The fraction of sp³-hybridized carbons (Fsp3) is 0.348. The molecule has 182 valence electrons. The number of aromatic nitrogens is 6. The molecular weight excluding hydrogens is 481 g/mol. The van der Waals surface area contributed by atoms with Gasteiger partial charge in [0.2, 0.25) is 0 Å². The third-order valence-electron chi connectivity index (χ3n) is 5.97. The monoisotopic (exact) mass is 502 g/mol. The minimum absolute atomic E-state index is 0.0339. The van der Waals surface area contributed by atoms with Gasteiger partial charge in [-0.2, -0.15) is 13.2 Å². The lowest BCUT2D eigenvalue weighted by molar-refractivity contribution is -0.141. The summed E-state index contributed by atoms with van der Waals surface area (Å²) in [6, 6.07) is 4.22. The Hall–Kier alpha value is -3.41. The zero-order valence-electron chi connectivity index (χ0n) is 19.1. The summed E-state index contributed by atoms with van der Waals surface area (Å²) in [5.74, 6) is 0.680. The molecule has 0 radical (unpaired) electrons. The molecule has 1 aliphatic carbocycles. The number of rotatable bonds is 5. The molecule has 0 aliphatic heterocycles. The number of hydrogen-bond acceptors (Lipinski definition) is 7. The van der Waals surface area contributed by atoms with Gasteiger partial charge in [0.05, 0.1) is 27.9 Å². The highest BCUT2D eigenvalue weighted by atomic mass is 32.2. The molecule has 0 aromatic carbocycles. The van der Waals surface area contributed by atoms with E-state index >= 15 is 0 Å². The molecule has 0 atom stereocenters. The van der Waals surface area contributed by atoms with Crippen molar-refractivity contribution in [3.8, 4) is 22.9 Å². The van der Waals surface area contributed by atoms with Crippen molar-refractivity contribution < 1.29 is 21.6 Å². The Bertz CT molecular complexity index is 1580. The van der Waals surface area contributed by atoms with E-state index in [2.05, 4.69) is 24.9 Å². The first-order valence-corrected chi connectivity index (χ1v) is 12.6. The van der Waals surface area contributed by atoms with Gasteiger partial charge < -0.3 is 4.57 Å². The standard InChI is InChI=1S/C23H21F3N6O2S/c1-4-35(33,34)18-8-14(21-29-12(2)7-15(30-21)13-5-6-13)10-28-20(18)22-31-16-9-19(23(24,25)26)27-11-17(16)32(22)3/h7-11,13H,4-6H2,1-3H3. The average molecular weight is 503 g/mol. The largest absolute Gasteiger partial charge is 0.433 e. The second-order valence-electron chi connectivity index (χ2n) is 8.56. The normalized spacial score (nSPS) is 14.6. The lowest BCUT2D eigenvalue weighted by Crippen LogP contribution is -2.09. The first kappa shape index (κ1) is 23.3. The quantitative estimate of drug-likeness (QED) is 0.396. The van der Waals surface area contributed by atoms with Gasteiger partial charge in [-0.3, -0.25) is 4.98 Å². The molecule has 0 spiro atoms. The van der Waals surface area contributed by atoms with Crippen LogP contribution in [0.5, 0.6) is 0 Å². The molecule has 0 amide bonds. The second-order valence-corrected chi connectivity index (χ2v) is 10.8. The zero-order chi connectivity index (χ0) is 25.1. The average Bonchev–Trinajstić information content (AvgIpc) is 3.61. The van der Waals surface area contributed by atoms with Crippen molar-refractivity contribution in [2.45, 2.75) is 43.7 Å². The van der Waals surface area contributed by atoms with Crippen LogP contribution in [-0.2, 0) is 23.1 Å². The lowest BCUT2D eigenvalue weighted by Gasteiger charge is -2.11. The van der Waals surface area contributed by atoms with Crippen LogP contribution in [0.25, 0.3) is 33.9 Å². The van der Waals surface area contributed by atoms with Crippen molar-refractivity contribution in [2.24, 2.45) is 7.05 Å². The summed E-state index contributed by atoms with van der Waals surface area (Å²) >= 11 is 0. The number of imidazole rings is 1. The number of sulfone groups is 1. The van der Waals surface area contributed by atoms with Crippen molar-refractivity contribution in [1.29, 1.82) is 0 Å². The first-order valence-electron chi connectivity index (χ1n) is 11.0. The van der Waals surface area contributed by atoms with Crippen LogP contribution in [-0.4, -0.2) is 43.7 Å². The molecule has 4 heterocycles. The summed E-state index contributed by atoms with van der Waals surface area (Å²) in [7, 11) is -2.21. The van der Waals surface area contributed by atoms with E-state index in [1.807, 2.05) is 13.0 Å². The molecule has 0 unspecified atom stereocenters. The maximum Gasteiger partial charge on any atom is 0.433 e. The molecule has 12 heteroatoms. The molecule has 5 rings (SSSR count). The van der Waals surface area contributed by atoms with Crippen molar-refractivity contribution >= 4 is 20.9 Å². The number of nitrogens with zero attached hydrogens (tertiary/aromatic N) is 6. The number of alkyl halides is 3. The molecular formula is C23H21F3N6O2S. The van der Waals surface area contributed by atoms with Crippen LogP contribution in [0.1, 0.15) is 42.8 Å². The van der Waals surface area contributed by atoms with E-state index in [1.165, 1.54) is 23.8 Å². The summed E-state index contributed by atoms with van der Waals surface area (Å²) in [5, 5.41) is 0. The van der Waals surface area contributed by atoms with Gasteiger partial charge in [0.25, 0.3) is 0 Å². The summed E-state index contributed by atoms with van der Waals surface area (Å²) in [6.07, 6.45) is 0.0151. The number of fused-ring (bicyclic) bond motifs is 1. The Labute approximate surface area is 199 Å². The highest BCUT2D eigenvalue weighted by Crippen LogP contribution is 2.40. The van der Waals surface area contributed by atoms with Gasteiger partial charge in [0.15, 0.2) is 21.5 Å². The van der Waals surface area contributed by atoms with E-state index < -0.39 is 21.7 Å². The van der Waals surface area contributed by atoms with Crippen molar-refractivity contribution in [2.75, 3.05) is 5.75 Å². The van der Waals surface area contributed by atoms with E-state index in [0.717, 1.165) is 36.5 Å². The lowest BCUT2D eigenvalue weighted by atomic mass is 10.2. The highest BCUT2D eigenvalue weighted by Gasteiger charge is 2.33. The minimum Gasteiger partial charge on any atom is -0.324 e. The van der Waals surface area contributed by atoms with Crippen LogP contribution in [0.3, 0.4) is 0 Å². The molecule has 1 fully saturated rings. The van der Waals surface area contributed by atoms with Crippen LogP contribution < -0.4 is 0 Å². The van der Waals surface area contributed by atoms with E-state index in [9.17, 15) is 21.6 Å². The van der Waals surface area contributed by atoms with Gasteiger partial charge in [0, 0.05) is 36.1 Å². The summed E-state index contributed by atoms with van der Waals surface area (Å²) in [4.78, 5) is 21.2. The molecule has 1 aliphatic rings. The highest BCUT2D eigenvalue weighted by molar-refractivity contribution is 7.91. The Morgan fingerprint density at radius 1 is 1.06 bits per heavy atom. The molecule has 35 heavy (non-hydrogen) atoms. The summed E-state index contributed by atoms with van der Waals surface area (Å²) < 4.78 is 67.0. The van der Waals surface area contributed by atoms with Gasteiger partial charge in [-0.05, 0) is 38.0 Å². The summed E-state index contributed by atoms with van der Waals surface area (Å²) in [5.41, 5.74) is 1.43. The Kier molecular flexibility index (Phi) is 5.38. The Balaban J connectivity index is 1.69. The van der Waals surface area contributed by atoms with E-state index in [1.54, 1.807) is 7.05 Å². The number of pyridine rings is 2. The number of hydrogen-bond donors (Lipinski definition) is 0. The van der Waals surface area contributed by atoms with Gasteiger partial charge in [0.1, 0.15) is 11.4 Å². The van der Waals surface area contributed by atoms with Crippen LogP contribution in [0.15, 0.2) is 35.5 Å². The van der Waals surface area contributed by atoms with E-state index in [-0.39, 0.29) is 27.7 Å². The second kappa shape index (κ2) is 8.08.